The Bertz CT molecular complexity index is 619. The highest BCUT2D eigenvalue weighted by Crippen LogP contribution is 2.35. The highest BCUT2D eigenvalue weighted by Gasteiger charge is 2.19. The number of aliphatic hydroxyl groups is 1. The van der Waals surface area contributed by atoms with Gasteiger partial charge in [0.2, 0.25) is 5.88 Å². The Morgan fingerprint density at radius 2 is 1.83 bits per heavy atom. The van der Waals surface area contributed by atoms with Gasteiger partial charge in [-0.05, 0) is 49.1 Å². The molecule has 0 aliphatic carbocycles. The lowest BCUT2D eigenvalue weighted by molar-refractivity contribution is 0.284. The van der Waals surface area contributed by atoms with Gasteiger partial charge in [-0.1, -0.05) is 45.0 Å². The van der Waals surface area contributed by atoms with E-state index < -0.39 is 0 Å². The predicted molar refractivity (Wildman–Crippen MR) is 101 cm³/mol. The molecule has 0 aliphatic rings. The van der Waals surface area contributed by atoms with Crippen LogP contribution in [0.1, 0.15) is 67.0 Å². The second-order valence-electron chi connectivity index (χ2n) is 6.78. The largest absolute Gasteiger partial charge is 0.492 e. The molecule has 1 aromatic carbocycles. The topological polar surface area (TPSA) is 53.4 Å². The summed E-state index contributed by atoms with van der Waals surface area (Å²) in [5.41, 5.74) is 2.64. The van der Waals surface area contributed by atoms with Crippen molar-refractivity contribution in [1.82, 2.24) is 4.98 Å². The van der Waals surface area contributed by atoms with Crippen LogP contribution in [0.15, 0.2) is 24.3 Å². The van der Waals surface area contributed by atoms with Crippen LogP contribution < -0.4 is 0 Å². The molecule has 2 aromatic rings. The first-order valence-corrected chi connectivity index (χ1v) is 9.75. The molecule has 1 unspecified atom stereocenters. The minimum atomic E-state index is 0.169. The van der Waals surface area contributed by atoms with E-state index in [9.17, 15) is 5.11 Å². The Morgan fingerprint density at radius 3 is 2.42 bits per heavy atom. The number of rotatable bonds is 9. The smallest absolute Gasteiger partial charge is 0.225 e. The molecular weight excluding hydrogens is 318 g/mol. The summed E-state index contributed by atoms with van der Waals surface area (Å²) in [6.45, 7) is 6.84. The van der Waals surface area contributed by atoms with E-state index in [1.807, 2.05) is 0 Å². The lowest BCUT2D eigenvalue weighted by Crippen LogP contribution is -2.00. The predicted octanol–water partition coefficient (Wildman–Crippen LogP) is 4.90. The van der Waals surface area contributed by atoms with Gasteiger partial charge in [0, 0.05) is 12.5 Å². The van der Waals surface area contributed by atoms with Crippen LogP contribution in [0.4, 0.5) is 0 Å². The second kappa shape index (κ2) is 9.19. The highest BCUT2D eigenvalue weighted by atomic mass is 32.1. The number of unbranched alkanes of at least 4 members (excludes halogenated alkanes) is 1. The lowest BCUT2D eigenvalue weighted by Gasteiger charge is -2.13. The Balaban J connectivity index is 2.14. The summed E-state index contributed by atoms with van der Waals surface area (Å²) in [5, 5.41) is 20.0. The third-order valence-electron chi connectivity index (χ3n) is 4.24. The molecule has 2 N–H and O–H groups in total. The number of nitrogens with zero attached hydrogens (tertiary/aromatic N) is 1. The summed E-state index contributed by atoms with van der Waals surface area (Å²) in [6, 6.07) is 8.84. The van der Waals surface area contributed by atoms with Gasteiger partial charge in [0.25, 0.3) is 0 Å². The number of hydrogen-bond acceptors (Lipinski definition) is 4. The highest BCUT2D eigenvalue weighted by molar-refractivity contribution is 7.12. The van der Waals surface area contributed by atoms with Crippen LogP contribution in [-0.2, 0) is 12.8 Å². The maximum Gasteiger partial charge on any atom is 0.225 e. The summed E-state index contributed by atoms with van der Waals surface area (Å²) in [6.07, 6.45) is 4.50. The lowest BCUT2D eigenvalue weighted by atomic mass is 9.94. The first-order valence-electron chi connectivity index (χ1n) is 8.93. The summed E-state index contributed by atoms with van der Waals surface area (Å²) in [5.74, 6) is 1.07. The number of aromatic nitrogens is 1. The van der Waals surface area contributed by atoms with E-state index in [-0.39, 0.29) is 18.4 Å². The van der Waals surface area contributed by atoms with Crippen LogP contribution in [-0.4, -0.2) is 21.8 Å². The second-order valence-corrected chi connectivity index (χ2v) is 7.90. The Hall–Kier alpha value is -1.39. The van der Waals surface area contributed by atoms with Crippen molar-refractivity contribution in [3.05, 3.63) is 45.3 Å². The maximum absolute atomic E-state index is 10.1. The number of aromatic hydroxyl groups is 1. The third kappa shape index (κ3) is 5.05. The van der Waals surface area contributed by atoms with Gasteiger partial charge in [0.15, 0.2) is 0 Å². The minimum absolute atomic E-state index is 0.169. The van der Waals surface area contributed by atoms with Gasteiger partial charge in [0.05, 0.1) is 4.88 Å². The van der Waals surface area contributed by atoms with Crippen LogP contribution >= 0.6 is 11.3 Å². The van der Waals surface area contributed by atoms with Gasteiger partial charge in [-0.15, -0.1) is 11.3 Å². The van der Waals surface area contributed by atoms with Gasteiger partial charge < -0.3 is 10.2 Å². The fourth-order valence-electron chi connectivity index (χ4n) is 2.98. The summed E-state index contributed by atoms with van der Waals surface area (Å²) >= 11 is 1.61. The molecule has 1 heterocycles. The van der Waals surface area contributed by atoms with E-state index in [2.05, 4.69) is 50.0 Å². The fraction of sp³-hybridized carbons (Fsp3) is 0.550. The molecule has 0 aliphatic heterocycles. The number of aryl methyl sites for hydroxylation is 1. The number of thiazole rings is 1. The van der Waals surface area contributed by atoms with Crippen LogP contribution in [0, 0.1) is 5.92 Å². The van der Waals surface area contributed by atoms with Crippen LogP contribution in [0.2, 0.25) is 0 Å². The summed E-state index contributed by atoms with van der Waals surface area (Å²) in [7, 11) is 0. The van der Waals surface area contributed by atoms with Crippen molar-refractivity contribution < 1.29 is 10.2 Å². The number of aliphatic hydroxyl groups excluding tert-OH is 1. The van der Waals surface area contributed by atoms with Crippen molar-refractivity contribution in [3.8, 4) is 5.88 Å². The molecular formula is C20H29NO2S. The quantitative estimate of drug-likeness (QED) is 0.634. The van der Waals surface area contributed by atoms with E-state index in [0.29, 0.717) is 5.92 Å². The molecule has 1 aromatic heterocycles. The van der Waals surface area contributed by atoms with Gasteiger partial charge >= 0.3 is 0 Å². The molecule has 0 bridgehead atoms. The minimum Gasteiger partial charge on any atom is -0.492 e. The van der Waals surface area contributed by atoms with E-state index >= 15 is 0 Å². The van der Waals surface area contributed by atoms with Crippen LogP contribution in [0.25, 0.3) is 0 Å². The molecule has 0 spiro atoms. The molecule has 2 rings (SSSR count). The molecule has 0 fully saturated rings. The van der Waals surface area contributed by atoms with Crippen molar-refractivity contribution in [2.24, 2.45) is 5.92 Å². The average Bonchev–Trinajstić information content (AvgIpc) is 2.90. The molecule has 0 amide bonds. The molecule has 24 heavy (non-hydrogen) atoms. The van der Waals surface area contributed by atoms with Crippen molar-refractivity contribution >= 4 is 11.3 Å². The van der Waals surface area contributed by atoms with Crippen LogP contribution in [0.5, 0.6) is 5.88 Å². The molecule has 0 saturated carbocycles. The molecule has 132 valence electrons. The van der Waals surface area contributed by atoms with Crippen molar-refractivity contribution in [2.75, 3.05) is 6.61 Å². The van der Waals surface area contributed by atoms with Gasteiger partial charge in [0.1, 0.15) is 5.01 Å². The maximum atomic E-state index is 10.1. The third-order valence-corrected chi connectivity index (χ3v) is 5.46. The van der Waals surface area contributed by atoms with Crippen molar-refractivity contribution in [1.29, 1.82) is 0 Å². The normalized spacial score (nSPS) is 12.7. The number of hydrogen-bond donors (Lipinski definition) is 2. The Kier molecular flexibility index (Phi) is 7.25. The van der Waals surface area contributed by atoms with Crippen molar-refractivity contribution in [3.63, 3.8) is 0 Å². The standard InChI is InChI=1S/C20H29NO2S/c1-4-17(16-10-8-15(9-11-16)13-14(2)3)20-21-19(23)18(24-20)7-5-6-12-22/h8-11,14,17,22-23H,4-7,12-13H2,1-3H3. The molecule has 1 atom stereocenters. The summed E-state index contributed by atoms with van der Waals surface area (Å²) < 4.78 is 0. The van der Waals surface area contributed by atoms with Gasteiger partial charge in [-0.25, -0.2) is 4.98 Å². The zero-order chi connectivity index (χ0) is 17.5. The van der Waals surface area contributed by atoms with E-state index in [1.165, 1.54) is 11.1 Å². The molecule has 4 heteroatoms. The first kappa shape index (κ1) is 18.9. The molecule has 0 saturated heterocycles. The summed E-state index contributed by atoms with van der Waals surface area (Å²) in [4.78, 5) is 5.36. The zero-order valence-corrected chi connectivity index (χ0v) is 15.8. The first-order chi connectivity index (χ1) is 11.5. The zero-order valence-electron chi connectivity index (χ0n) is 15.0. The van der Waals surface area contributed by atoms with Crippen LogP contribution in [0.3, 0.4) is 0 Å². The van der Waals surface area contributed by atoms with Crippen molar-refractivity contribution in [2.45, 2.75) is 58.8 Å². The van der Waals surface area contributed by atoms with Gasteiger partial charge in [-0.3, -0.25) is 0 Å². The Morgan fingerprint density at radius 1 is 1.12 bits per heavy atom. The molecule has 0 radical (unpaired) electrons. The average molecular weight is 348 g/mol. The Labute approximate surface area is 149 Å². The fourth-order valence-corrected chi connectivity index (χ4v) is 4.19. The van der Waals surface area contributed by atoms with E-state index in [0.717, 1.165) is 42.0 Å². The van der Waals surface area contributed by atoms with E-state index in [4.69, 9.17) is 5.11 Å². The van der Waals surface area contributed by atoms with E-state index in [1.54, 1.807) is 11.3 Å². The monoisotopic (exact) mass is 347 g/mol. The number of benzene rings is 1. The van der Waals surface area contributed by atoms with Gasteiger partial charge in [-0.2, -0.15) is 0 Å². The SMILES string of the molecule is CCC(c1ccc(CC(C)C)cc1)c1nc(O)c(CCCCO)s1. The molecule has 3 nitrogen and oxygen atoms in total.